The molecule has 0 aliphatic carbocycles. The first kappa shape index (κ1) is 16.7. The molecule has 0 amide bonds. The molecule has 5 aromatic heterocycles. The minimum absolute atomic E-state index is 0.896. The summed E-state index contributed by atoms with van der Waals surface area (Å²) in [6.07, 6.45) is 3.95. The fourth-order valence-corrected chi connectivity index (χ4v) is 5.45. The molecule has 0 aliphatic rings. The fraction of sp³-hybridized carbons (Fsp3) is 0.100. The monoisotopic (exact) mass is 408 g/mol. The van der Waals surface area contributed by atoms with Gasteiger partial charge in [-0.2, -0.15) is 0 Å². The van der Waals surface area contributed by atoms with Gasteiger partial charge in [-0.3, -0.25) is 0 Å². The largest absolute Gasteiger partial charge is 0.343 e. The van der Waals surface area contributed by atoms with Crippen molar-refractivity contribution in [2.24, 2.45) is 0 Å². The van der Waals surface area contributed by atoms with Crippen LogP contribution in [0.15, 0.2) is 48.8 Å². The number of nitrogens with zero attached hydrogens (tertiary/aromatic N) is 2. The smallest absolute Gasteiger partial charge is 0.148 e. The van der Waals surface area contributed by atoms with Crippen LogP contribution in [0.5, 0.6) is 0 Å². The Bertz CT molecular complexity index is 1120. The van der Waals surface area contributed by atoms with E-state index in [0.29, 0.717) is 0 Å². The number of H-pyrrole nitrogens is 2. The van der Waals surface area contributed by atoms with E-state index >= 15 is 0 Å². The van der Waals surface area contributed by atoms with Crippen LogP contribution in [0.4, 0.5) is 0 Å². The number of aromatic nitrogens is 4. The molecular weight excluding hydrogens is 392 g/mol. The molecular formula is C20H16N4S3. The van der Waals surface area contributed by atoms with E-state index in [-0.39, 0.29) is 0 Å². The van der Waals surface area contributed by atoms with E-state index in [1.165, 1.54) is 19.5 Å². The number of thiophene rings is 3. The van der Waals surface area contributed by atoms with Crippen LogP contribution in [0.3, 0.4) is 0 Å². The van der Waals surface area contributed by atoms with Gasteiger partial charge in [0.05, 0.1) is 30.9 Å². The van der Waals surface area contributed by atoms with Crippen LogP contribution in [0.2, 0.25) is 0 Å². The van der Waals surface area contributed by atoms with Crippen LogP contribution in [0, 0.1) is 13.8 Å². The molecule has 0 radical (unpaired) electrons. The number of rotatable bonds is 4. The molecule has 0 unspecified atom stereocenters. The molecule has 2 N–H and O–H groups in total. The SMILES string of the molecule is Cc1ccc(-c2c[nH]c(-c3ccc(-c4nc(-c5ccc(C)s5)c[nH]4)s3)n2)s1. The predicted molar refractivity (Wildman–Crippen MR) is 116 cm³/mol. The summed E-state index contributed by atoms with van der Waals surface area (Å²) in [6, 6.07) is 12.7. The standard InChI is InChI=1S/C20H16N4S3/c1-11-3-5-15(25-11)13-9-21-19(23-13)17-7-8-18(27-17)20-22-10-14(24-20)16-6-4-12(2)26-16/h3-10H,1-2H3,(H,21,23)(H,22,24). The van der Waals surface area contributed by atoms with Crippen molar-refractivity contribution in [3.63, 3.8) is 0 Å². The van der Waals surface area contributed by atoms with Gasteiger partial charge in [0.15, 0.2) is 0 Å². The normalized spacial score (nSPS) is 11.3. The van der Waals surface area contributed by atoms with Gasteiger partial charge in [-0.05, 0) is 50.2 Å². The molecule has 0 spiro atoms. The maximum atomic E-state index is 4.76. The Hall–Kier alpha value is -2.48. The maximum Gasteiger partial charge on any atom is 0.148 e. The molecule has 134 valence electrons. The van der Waals surface area contributed by atoms with Crippen LogP contribution in [-0.4, -0.2) is 19.9 Å². The summed E-state index contributed by atoms with van der Waals surface area (Å²) in [5, 5.41) is 0. The third-order valence-electron chi connectivity index (χ3n) is 4.21. The van der Waals surface area contributed by atoms with Crippen molar-refractivity contribution in [1.82, 2.24) is 19.9 Å². The minimum atomic E-state index is 0.896. The summed E-state index contributed by atoms with van der Waals surface area (Å²) in [5.41, 5.74) is 1.98. The van der Waals surface area contributed by atoms with Gasteiger partial charge in [0, 0.05) is 22.1 Å². The molecule has 5 aromatic rings. The zero-order valence-corrected chi connectivity index (χ0v) is 17.2. The first-order valence-electron chi connectivity index (χ1n) is 8.51. The molecule has 0 fully saturated rings. The average molecular weight is 409 g/mol. The fourth-order valence-electron chi connectivity index (χ4n) is 2.89. The summed E-state index contributed by atoms with van der Waals surface area (Å²) in [6.45, 7) is 4.23. The molecule has 5 rings (SSSR count). The second-order valence-electron chi connectivity index (χ2n) is 6.25. The number of hydrogen-bond donors (Lipinski definition) is 2. The molecule has 27 heavy (non-hydrogen) atoms. The highest BCUT2D eigenvalue weighted by molar-refractivity contribution is 7.18. The first-order chi connectivity index (χ1) is 13.2. The van der Waals surface area contributed by atoms with Crippen molar-refractivity contribution in [2.45, 2.75) is 13.8 Å². The van der Waals surface area contributed by atoms with E-state index in [4.69, 9.17) is 9.97 Å². The van der Waals surface area contributed by atoms with Crippen molar-refractivity contribution < 1.29 is 0 Å². The maximum absolute atomic E-state index is 4.76. The van der Waals surface area contributed by atoms with E-state index < -0.39 is 0 Å². The number of hydrogen-bond acceptors (Lipinski definition) is 5. The zero-order chi connectivity index (χ0) is 18.4. The first-order valence-corrected chi connectivity index (χ1v) is 11.0. The van der Waals surface area contributed by atoms with Gasteiger partial charge in [-0.1, -0.05) is 0 Å². The van der Waals surface area contributed by atoms with E-state index in [0.717, 1.165) is 32.8 Å². The third kappa shape index (κ3) is 3.18. The Morgan fingerprint density at radius 2 is 1.04 bits per heavy atom. The van der Waals surface area contributed by atoms with Crippen LogP contribution < -0.4 is 0 Å². The summed E-state index contributed by atoms with van der Waals surface area (Å²) < 4.78 is 0. The van der Waals surface area contributed by atoms with E-state index in [2.05, 4.69) is 60.2 Å². The van der Waals surface area contributed by atoms with E-state index in [1.54, 1.807) is 34.0 Å². The van der Waals surface area contributed by atoms with Crippen molar-refractivity contribution in [3.05, 3.63) is 58.5 Å². The number of aromatic amines is 2. The van der Waals surface area contributed by atoms with Gasteiger partial charge in [0.25, 0.3) is 0 Å². The van der Waals surface area contributed by atoms with Gasteiger partial charge < -0.3 is 9.97 Å². The Morgan fingerprint density at radius 3 is 1.44 bits per heavy atom. The lowest BCUT2D eigenvalue weighted by molar-refractivity contribution is 1.33. The topological polar surface area (TPSA) is 57.4 Å². The molecule has 0 bridgehead atoms. The van der Waals surface area contributed by atoms with Crippen molar-refractivity contribution in [3.8, 4) is 42.5 Å². The predicted octanol–water partition coefficient (Wildman–Crippen LogP) is 6.60. The Labute approximate surface area is 168 Å². The highest BCUT2D eigenvalue weighted by Gasteiger charge is 2.13. The molecule has 7 heteroatoms. The lowest BCUT2D eigenvalue weighted by atomic mass is 10.3. The molecule has 0 aromatic carbocycles. The van der Waals surface area contributed by atoms with Crippen LogP contribution in [-0.2, 0) is 0 Å². The Morgan fingerprint density at radius 1 is 0.593 bits per heavy atom. The lowest BCUT2D eigenvalue weighted by Gasteiger charge is -1.91. The van der Waals surface area contributed by atoms with E-state index in [1.807, 2.05) is 12.4 Å². The summed E-state index contributed by atoms with van der Waals surface area (Å²) in [5.74, 6) is 1.79. The molecule has 0 saturated heterocycles. The molecule has 0 aliphatic heterocycles. The van der Waals surface area contributed by atoms with Gasteiger partial charge in [0.1, 0.15) is 11.6 Å². The van der Waals surface area contributed by atoms with Gasteiger partial charge in [-0.15, -0.1) is 34.0 Å². The summed E-state index contributed by atoms with van der Waals surface area (Å²) in [4.78, 5) is 23.3. The van der Waals surface area contributed by atoms with Crippen LogP contribution in [0.1, 0.15) is 9.75 Å². The Kier molecular flexibility index (Phi) is 4.07. The van der Waals surface area contributed by atoms with Crippen molar-refractivity contribution >= 4 is 34.0 Å². The number of aryl methyl sites for hydroxylation is 2. The average Bonchev–Trinajstić information content (AvgIpc) is 3.44. The van der Waals surface area contributed by atoms with Crippen LogP contribution >= 0.6 is 34.0 Å². The Balaban J connectivity index is 1.42. The molecule has 4 nitrogen and oxygen atoms in total. The summed E-state index contributed by atoms with van der Waals surface area (Å²) in [7, 11) is 0. The molecule has 0 atom stereocenters. The minimum Gasteiger partial charge on any atom is -0.343 e. The van der Waals surface area contributed by atoms with Crippen molar-refractivity contribution in [1.29, 1.82) is 0 Å². The molecule has 0 saturated carbocycles. The van der Waals surface area contributed by atoms with E-state index in [9.17, 15) is 0 Å². The molecule has 5 heterocycles. The zero-order valence-electron chi connectivity index (χ0n) is 14.7. The van der Waals surface area contributed by atoms with Crippen molar-refractivity contribution in [2.75, 3.05) is 0 Å². The quantitative estimate of drug-likeness (QED) is 0.352. The third-order valence-corrected chi connectivity index (χ3v) is 7.36. The number of nitrogens with one attached hydrogen (secondary N) is 2. The highest BCUT2D eigenvalue weighted by Crippen LogP contribution is 2.35. The van der Waals surface area contributed by atoms with Gasteiger partial charge >= 0.3 is 0 Å². The van der Waals surface area contributed by atoms with Gasteiger partial charge in [0.2, 0.25) is 0 Å². The second-order valence-corrected chi connectivity index (χ2v) is 9.91. The second kappa shape index (κ2) is 6.60. The lowest BCUT2D eigenvalue weighted by Crippen LogP contribution is -1.75. The summed E-state index contributed by atoms with van der Waals surface area (Å²) >= 11 is 5.21. The number of imidazole rings is 2. The van der Waals surface area contributed by atoms with Gasteiger partial charge in [-0.25, -0.2) is 9.97 Å². The highest BCUT2D eigenvalue weighted by atomic mass is 32.1. The van der Waals surface area contributed by atoms with Crippen LogP contribution in [0.25, 0.3) is 42.5 Å².